The first kappa shape index (κ1) is 22.4. The topological polar surface area (TPSA) is 64.0 Å². The molecule has 0 atom stereocenters. The molecule has 1 N–H and O–H groups in total. The summed E-state index contributed by atoms with van der Waals surface area (Å²) in [5.74, 6) is -0.726. The highest BCUT2D eigenvalue weighted by atomic mass is 35.5. The second kappa shape index (κ2) is 9.00. The van der Waals surface area contributed by atoms with E-state index in [1.807, 2.05) is 32.0 Å². The molecule has 33 heavy (non-hydrogen) atoms. The van der Waals surface area contributed by atoms with Gasteiger partial charge in [0.25, 0.3) is 5.91 Å². The van der Waals surface area contributed by atoms with Crippen molar-refractivity contribution in [1.29, 1.82) is 0 Å². The molecule has 0 bridgehead atoms. The van der Waals surface area contributed by atoms with E-state index >= 15 is 0 Å². The lowest BCUT2D eigenvalue weighted by atomic mass is 10.0. The quantitative estimate of drug-likeness (QED) is 0.413. The van der Waals surface area contributed by atoms with Crippen LogP contribution in [-0.2, 0) is 0 Å². The van der Waals surface area contributed by atoms with Gasteiger partial charge in [-0.1, -0.05) is 29.8 Å². The van der Waals surface area contributed by atoms with Crippen LogP contribution in [0.1, 0.15) is 27.2 Å². The van der Waals surface area contributed by atoms with Gasteiger partial charge in [0.1, 0.15) is 17.3 Å². The number of carbonyl (C=O) groups excluding carboxylic acids is 1. The Balaban J connectivity index is 1.96. The van der Waals surface area contributed by atoms with Crippen molar-refractivity contribution in [2.24, 2.45) is 0 Å². The van der Waals surface area contributed by atoms with E-state index in [4.69, 9.17) is 11.6 Å². The fourth-order valence-corrected chi connectivity index (χ4v) is 3.59. The first-order valence-corrected chi connectivity index (χ1v) is 10.7. The van der Waals surface area contributed by atoms with Crippen molar-refractivity contribution in [3.8, 4) is 16.8 Å². The second-order valence-corrected chi connectivity index (χ2v) is 8.22. The maximum atomic E-state index is 13.4. The van der Waals surface area contributed by atoms with Crippen LogP contribution >= 0.6 is 11.6 Å². The molecule has 4 aromatic rings. The van der Waals surface area contributed by atoms with Crippen LogP contribution in [-0.4, -0.2) is 15.7 Å². The first-order valence-electron chi connectivity index (χ1n) is 10.3. The minimum atomic E-state index is -0.493. The van der Waals surface area contributed by atoms with Crippen molar-refractivity contribution in [2.75, 3.05) is 5.32 Å². The summed E-state index contributed by atoms with van der Waals surface area (Å²) in [6.45, 7) is 5.61. The summed E-state index contributed by atoms with van der Waals surface area (Å²) in [6.07, 6.45) is 0. The van der Waals surface area contributed by atoms with E-state index in [0.717, 1.165) is 11.1 Å². The van der Waals surface area contributed by atoms with Crippen LogP contribution < -0.4 is 10.7 Å². The summed E-state index contributed by atoms with van der Waals surface area (Å²) in [6, 6.07) is 17.7. The van der Waals surface area contributed by atoms with Gasteiger partial charge in [0.05, 0.1) is 11.3 Å². The van der Waals surface area contributed by atoms with Crippen molar-refractivity contribution in [3.63, 3.8) is 0 Å². The maximum Gasteiger partial charge on any atom is 0.256 e. The summed E-state index contributed by atoms with van der Waals surface area (Å²) < 4.78 is 14.9. The van der Waals surface area contributed by atoms with Gasteiger partial charge in [0, 0.05) is 10.6 Å². The number of nitrogens with zero attached hydrogens (tertiary/aromatic N) is 2. The van der Waals surface area contributed by atoms with Crippen molar-refractivity contribution >= 4 is 23.3 Å². The number of amides is 1. The largest absolute Gasteiger partial charge is 0.306 e. The smallest absolute Gasteiger partial charge is 0.256 e. The summed E-state index contributed by atoms with van der Waals surface area (Å²) in [5.41, 5.74) is 3.91. The fourth-order valence-electron chi connectivity index (χ4n) is 3.46. The molecule has 0 aliphatic heterocycles. The third-order valence-corrected chi connectivity index (χ3v) is 5.71. The van der Waals surface area contributed by atoms with Crippen molar-refractivity contribution in [1.82, 2.24) is 9.78 Å². The van der Waals surface area contributed by atoms with E-state index < -0.39 is 11.7 Å². The number of hydrogen-bond donors (Lipinski definition) is 1. The molecule has 0 spiro atoms. The van der Waals surface area contributed by atoms with Crippen LogP contribution in [0.25, 0.3) is 16.8 Å². The summed E-state index contributed by atoms with van der Waals surface area (Å²) in [4.78, 5) is 26.3. The SMILES string of the molecule is Cc1ccc(-n2nc(C)c(=O)c(-c3ccc(Cl)cc3)c2NC(=O)c2ccc(F)cc2)cc1C. The van der Waals surface area contributed by atoms with E-state index in [9.17, 15) is 14.0 Å². The number of hydrogen-bond acceptors (Lipinski definition) is 3. The number of benzene rings is 3. The third-order valence-electron chi connectivity index (χ3n) is 5.46. The monoisotopic (exact) mass is 461 g/mol. The normalized spacial score (nSPS) is 10.8. The number of anilines is 1. The summed E-state index contributed by atoms with van der Waals surface area (Å²) in [5, 5.41) is 7.84. The number of nitrogens with one attached hydrogen (secondary N) is 1. The fraction of sp³-hybridized carbons (Fsp3) is 0.115. The van der Waals surface area contributed by atoms with Gasteiger partial charge in [-0.2, -0.15) is 5.10 Å². The van der Waals surface area contributed by atoms with Gasteiger partial charge in [0.2, 0.25) is 5.43 Å². The summed E-state index contributed by atoms with van der Waals surface area (Å²) >= 11 is 6.05. The first-order chi connectivity index (χ1) is 15.7. The molecule has 0 aliphatic carbocycles. The Morgan fingerprint density at radius 3 is 2.24 bits per heavy atom. The lowest BCUT2D eigenvalue weighted by molar-refractivity contribution is 0.102. The van der Waals surface area contributed by atoms with E-state index in [2.05, 4.69) is 10.4 Å². The number of aryl methyl sites for hydroxylation is 3. The van der Waals surface area contributed by atoms with E-state index in [0.29, 0.717) is 16.3 Å². The molecule has 5 nitrogen and oxygen atoms in total. The van der Waals surface area contributed by atoms with Crippen LogP contribution in [0, 0.1) is 26.6 Å². The molecule has 0 radical (unpaired) electrons. The average Bonchev–Trinajstić information content (AvgIpc) is 2.79. The zero-order chi connectivity index (χ0) is 23.7. The van der Waals surface area contributed by atoms with E-state index in [1.165, 1.54) is 24.3 Å². The minimum Gasteiger partial charge on any atom is -0.306 e. The number of carbonyl (C=O) groups is 1. The van der Waals surface area contributed by atoms with E-state index in [-0.39, 0.29) is 28.1 Å². The van der Waals surface area contributed by atoms with Crippen LogP contribution in [0.5, 0.6) is 0 Å². The van der Waals surface area contributed by atoms with Crippen molar-refractivity contribution in [3.05, 3.63) is 110 Å². The standard InChI is InChI=1S/C26H21ClFN3O2/c1-15-4-13-22(14-16(15)2)31-25(29-26(33)19-7-11-21(28)12-8-19)23(24(32)17(3)30-31)18-5-9-20(27)10-6-18/h4-14H,1-3H3,(H,29,33). The molecule has 7 heteroatoms. The van der Waals surface area contributed by atoms with Gasteiger partial charge >= 0.3 is 0 Å². The summed E-state index contributed by atoms with van der Waals surface area (Å²) in [7, 11) is 0. The van der Waals surface area contributed by atoms with Gasteiger partial charge in [-0.3, -0.25) is 9.59 Å². The molecule has 3 aromatic carbocycles. The molecular formula is C26H21ClFN3O2. The number of aromatic nitrogens is 2. The molecule has 1 aromatic heterocycles. The number of rotatable bonds is 4. The van der Waals surface area contributed by atoms with Gasteiger partial charge in [0.15, 0.2) is 0 Å². The molecule has 0 saturated carbocycles. The zero-order valence-corrected chi connectivity index (χ0v) is 19.1. The molecule has 0 unspecified atom stereocenters. The Morgan fingerprint density at radius 1 is 0.939 bits per heavy atom. The Bertz CT molecular complexity index is 1410. The molecular weight excluding hydrogens is 441 g/mol. The van der Waals surface area contributed by atoms with Crippen LogP contribution in [0.2, 0.25) is 5.02 Å². The Hall–Kier alpha value is -3.77. The maximum absolute atomic E-state index is 13.4. The second-order valence-electron chi connectivity index (χ2n) is 7.79. The predicted molar refractivity (Wildman–Crippen MR) is 129 cm³/mol. The lowest BCUT2D eigenvalue weighted by Gasteiger charge is -2.19. The van der Waals surface area contributed by atoms with E-state index in [1.54, 1.807) is 35.9 Å². The molecule has 1 heterocycles. The zero-order valence-electron chi connectivity index (χ0n) is 18.3. The van der Waals surface area contributed by atoms with Crippen LogP contribution in [0.4, 0.5) is 10.2 Å². The van der Waals surface area contributed by atoms with Crippen LogP contribution in [0.3, 0.4) is 0 Å². The molecule has 4 rings (SSSR count). The predicted octanol–water partition coefficient (Wildman–Crippen LogP) is 5.87. The molecule has 166 valence electrons. The minimum absolute atomic E-state index is 0.213. The van der Waals surface area contributed by atoms with Gasteiger partial charge in [-0.15, -0.1) is 0 Å². The number of halogens is 2. The van der Waals surface area contributed by atoms with Crippen molar-refractivity contribution < 1.29 is 9.18 Å². The molecule has 1 amide bonds. The highest BCUT2D eigenvalue weighted by Crippen LogP contribution is 2.29. The van der Waals surface area contributed by atoms with Gasteiger partial charge in [-0.25, -0.2) is 9.07 Å². The highest BCUT2D eigenvalue weighted by molar-refractivity contribution is 6.30. The lowest BCUT2D eigenvalue weighted by Crippen LogP contribution is -2.25. The van der Waals surface area contributed by atoms with Crippen LogP contribution in [0.15, 0.2) is 71.5 Å². The van der Waals surface area contributed by atoms with Crippen molar-refractivity contribution in [2.45, 2.75) is 20.8 Å². The highest BCUT2D eigenvalue weighted by Gasteiger charge is 2.21. The van der Waals surface area contributed by atoms with Gasteiger partial charge in [-0.05, 0) is 86.0 Å². The third kappa shape index (κ3) is 4.56. The van der Waals surface area contributed by atoms with Gasteiger partial charge < -0.3 is 5.32 Å². The average molecular weight is 462 g/mol. The Labute approximate surface area is 195 Å². The Kier molecular flexibility index (Phi) is 6.11. The molecule has 0 saturated heterocycles. The molecule has 0 aliphatic rings. The molecule has 0 fully saturated rings. The Morgan fingerprint density at radius 2 is 1.61 bits per heavy atom.